The summed E-state index contributed by atoms with van der Waals surface area (Å²) >= 11 is 0. The van der Waals surface area contributed by atoms with Crippen LogP contribution in [-0.4, -0.2) is 39.5 Å². The molecule has 0 aromatic carbocycles. The fraction of sp³-hybridized carbons (Fsp3) is 0.588. The van der Waals surface area contributed by atoms with Crippen molar-refractivity contribution in [3.8, 4) is 0 Å². The quantitative estimate of drug-likeness (QED) is 0.885. The Labute approximate surface area is 140 Å². The van der Waals surface area contributed by atoms with Gasteiger partial charge < -0.3 is 15.4 Å². The van der Waals surface area contributed by atoms with Crippen LogP contribution in [0, 0.1) is 18.3 Å². The van der Waals surface area contributed by atoms with Gasteiger partial charge in [-0.3, -0.25) is 4.68 Å². The van der Waals surface area contributed by atoms with Gasteiger partial charge in [-0.05, 0) is 19.4 Å². The molecule has 2 aromatic rings. The van der Waals surface area contributed by atoms with Crippen LogP contribution in [0.15, 0.2) is 12.3 Å². The van der Waals surface area contributed by atoms with Crippen LogP contribution in [0.25, 0.3) is 11.0 Å². The van der Waals surface area contributed by atoms with Crippen molar-refractivity contribution in [1.82, 2.24) is 20.1 Å². The van der Waals surface area contributed by atoms with Gasteiger partial charge in [0.05, 0.1) is 23.7 Å². The van der Waals surface area contributed by atoms with Crippen LogP contribution in [-0.2, 0) is 11.8 Å². The number of aryl methyl sites for hydroxylation is 2. The van der Waals surface area contributed by atoms with Crippen LogP contribution in [0.1, 0.15) is 26.0 Å². The number of pyridine rings is 1. The molecular weight excluding hydrogens is 306 g/mol. The van der Waals surface area contributed by atoms with E-state index in [1.165, 1.54) is 0 Å². The first-order chi connectivity index (χ1) is 11.4. The number of aromatic nitrogens is 3. The molecule has 0 spiro atoms. The van der Waals surface area contributed by atoms with E-state index in [1.807, 2.05) is 20.0 Å². The highest BCUT2D eigenvalue weighted by molar-refractivity contribution is 5.92. The highest BCUT2D eigenvalue weighted by Gasteiger charge is 2.59. The Balaban J connectivity index is 1.47. The molecule has 2 N–H and O–H groups in total. The number of rotatable bonds is 2. The smallest absolute Gasteiger partial charge is 0.319 e. The summed E-state index contributed by atoms with van der Waals surface area (Å²) in [6.07, 6.45) is 2.94. The normalized spacial score (nSPS) is 27.6. The molecule has 3 heterocycles. The third kappa shape index (κ3) is 2.18. The molecule has 4 rings (SSSR count). The highest BCUT2D eigenvalue weighted by Crippen LogP contribution is 2.52. The first-order valence-corrected chi connectivity index (χ1v) is 8.36. The number of nitrogens with one attached hydrogen (secondary N) is 2. The minimum absolute atomic E-state index is 0.0271. The Morgan fingerprint density at radius 1 is 1.46 bits per heavy atom. The van der Waals surface area contributed by atoms with Gasteiger partial charge in [0.15, 0.2) is 5.65 Å². The summed E-state index contributed by atoms with van der Waals surface area (Å²) < 4.78 is 7.51. The number of anilines is 1. The van der Waals surface area contributed by atoms with Crippen LogP contribution in [0.2, 0.25) is 0 Å². The molecule has 3 atom stereocenters. The number of carbonyl (C=O) groups excluding carboxylic acids is 1. The van der Waals surface area contributed by atoms with E-state index in [-0.39, 0.29) is 23.6 Å². The summed E-state index contributed by atoms with van der Waals surface area (Å²) in [7, 11) is 1.86. The average molecular weight is 329 g/mol. The number of amides is 2. The van der Waals surface area contributed by atoms with Crippen LogP contribution >= 0.6 is 0 Å². The Morgan fingerprint density at radius 3 is 3.04 bits per heavy atom. The summed E-state index contributed by atoms with van der Waals surface area (Å²) in [5, 5.41) is 11.3. The molecule has 0 bridgehead atoms. The van der Waals surface area contributed by atoms with E-state index >= 15 is 0 Å². The lowest BCUT2D eigenvalue weighted by Gasteiger charge is -2.54. The SMILES string of the molecule is Cc1nn(C)c2ncc(NC(=O)N[C@@H]3[C@@H]4CCO[C@@H]4C3(C)C)cc12. The second-order valence-corrected chi connectivity index (χ2v) is 7.45. The molecule has 1 aliphatic carbocycles. The third-order valence-electron chi connectivity index (χ3n) is 5.51. The molecule has 128 valence electrons. The largest absolute Gasteiger partial charge is 0.377 e. The lowest BCUT2D eigenvalue weighted by Crippen LogP contribution is -2.67. The number of hydrogen-bond donors (Lipinski definition) is 2. The second kappa shape index (κ2) is 5.17. The van der Waals surface area contributed by atoms with Crippen molar-refractivity contribution in [3.63, 3.8) is 0 Å². The van der Waals surface area contributed by atoms with Crippen molar-refractivity contribution in [2.24, 2.45) is 18.4 Å². The molecule has 1 saturated heterocycles. The van der Waals surface area contributed by atoms with Crippen molar-refractivity contribution in [2.75, 3.05) is 11.9 Å². The maximum Gasteiger partial charge on any atom is 0.319 e. The monoisotopic (exact) mass is 329 g/mol. The van der Waals surface area contributed by atoms with E-state index in [2.05, 4.69) is 34.6 Å². The minimum atomic E-state index is -0.193. The standard InChI is InChI=1S/C17H23N5O2/c1-9-12-7-10(8-18-15(12)22(4)21-9)19-16(23)20-13-11-5-6-24-14(11)17(13,2)3/h7-8,11,13-14H,5-6H2,1-4H3,(H2,19,20,23)/t11-,13+,14-/m0/s1. The van der Waals surface area contributed by atoms with Gasteiger partial charge in [-0.25, -0.2) is 9.78 Å². The van der Waals surface area contributed by atoms with Crippen LogP contribution in [0.4, 0.5) is 10.5 Å². The van der Waals surface area contributed by atoms with Gasteiger partial charge in [0.1, 0.15) is 0 Å². The third-order valence-corrected chi connectivity index (χ3v) is 5.51. The Bertz CT molecular complexity index is 813. The molecular formula is C17H23N5O2. The van der Waals surface area contributed by atoms with Crippen molar-refractivity contribution in [1.29, 1.82) is 0 Å². The predicted molar refractivity (Wildman–Crippen MR) is 90.8 cm³/mol. The number of urea groups is 1. The van der Waals surface area contributed by atoms with E-state index in [1.54, 1.807) is 10.9 Å². The lowest BCUT2D eigenvalue weighted by molar-refractivity contribution is -0.107. The summed E-state index contributed by atoms with van der Waals surface area (Å²) in [4.78, 5) is 16.8. The Hall–Kier alpha value is -2.15. The van der Waals surface area contributed by atoms with Crippen LogP contribution in [0.3, 0.4) is 0 Å². The van der Waals surface area contributed by atoms with Gasteiger partial charge in [-0.1, -0.05) is 13.8 Å². The van der Waals surface area contributed by atoms with Crippen LogP contribution < -0.4 is 10.6 Å². The van der Waals surface area contributed by atoms with Gasteiger partial charge in [-0.15, -0.1) is 0 Å². The fourth-order valence-corrected chi connectivity index (χ4v) is 4.30. The molecule has 0 unspecified atom stereocenters. The highest BCUT2D eigenvalue weighted by atomic mass is 16.5. The van der Waals surface area contributed by atoms with Gasteiger partial charge in [0, 0.05) is 36.4 Å². The number of hydrogen-bond acceptors (Lipinski definition) is 4. The molecule has 2 aromatic heterocycles. The van der Waals surface area contributed by atoms with E-state index in [9.17, 15) is 4.79 Å². The molecule has 1 saturated carbocycles. The molecule has 7 heteroatoms. The maximum absolute atomic E-state index is 12.4. The molecule has 2 aliphatic rings. The van der Waals surface area contributed by atoms with Crippen molar-refractivity contribution in [3.05, 3.63) is 18.0 Å². The Morgan fingerprint density at radius 2 is 2.25 bits per heavy atom. The molecule has 7 nitrogen and oxygen atoms in total. The molecule has 0 radical (unpaired) electrons. The predicted octanol–water partition coefficient (Wildman–Crippen LogP) is 2.21. The molecule has 2 amide bonds. The first kappa shape index (κ1) is 15.4. The topological polar surface area (TPSA) is 81.1 Å². The lowest BCUT2D eigenvalue weighted by atomic mass is 9.57. The van der Waals surface area contributed by atoms with Gasteiger partial charge in [-0.2, -0.15) is 5.10 Å². The van der Waals surface area contributed by atoms with E-state index in [4.69, 9.17) is 4.74 Å². The van der Waals surface area contributed by atoms with Crippen molar-refractivity contribution >= 4 is 22.8 Å². The van der Waals surface area contributed by atoms with E-state index in [0.29, 0.717) is 11.6 Å². The van der Waals surface area contributed by atoms with E-state index < -0.39 is 0 Å². The zero-order chi connectivity index (χ0) is 17.1. The summed E-state index contributed by atoms with van der Waals surface area (Å²) in [5.74, 6) is 0.423. The minimum Gasteiger partial charge on any atom is -0.377 e. The fourth-order valence-electron chi connectivity index (χ4n) is 4.30. The summed E-state index contributed by atoms with van der Waals surface area (Å²) in [6, 6.07) is 1.86. The number of fused-ring (bicyclic) bond motifs is 2. The number of nitrogens with zero attached hydrogens (tertiary/aromatic N) is 3. The molecule has 2 fully saturated rings. The maximum atomic E-state index is 12.4. The van der Waals surface area contributed by atoms with E-state index in [0.717, 1.165) is 29.8 Å². The van der Waals surface area contributed by atoms with Crippen LogP contribution in [0.5, 0.6) is 0 Å². The summed E-state index contributed by atoms with van der Waals surface area (Å²) in [6.45, 7) is 7.03. The second-order valence-electron chi connectivity index (χ2n) is 7.45. The molecule has 24 heavy (non-hydrogen) atoms. The zero-order valence-corrected chi connectivity index (χ0v) is 14.5. The van der Waals surface area contributed by atoms with Gasteiger partial charge in [0.25, 0.3) is 0 Å². The van der Waals surface area contributed by atoms with Gasteiger partial charge >= 0.3 is 6.03 Å². The van der Waals surface area contributed by atoms with Gasteiger partial charge in [0.2, 0.25) is 0 Å². The van der Waals surface area contributed by atoms with Crippen molar-refractivity contribution in [2.45, 2.75) is 39.3 Å². The Kier molecular flexibility index (Phi) is 3.32. The number of ether oxygens (including phenoxy) is 1. The number of carbonyl (C=O) groups is 1. The zero-order valence-electron chi connectivity index (χ0n) is 14.5. The molecule has 1 aliphatic heterocycles. The summed E-state index contributed by atoms with van der Waals surface area (Å²) in [5.41, 5.74) is 2.35. The average Bonchev–Trinajstić information content (AvgIpc) is 3.09. The first-order valence-electron chi connectivity index (χ1n) is 8.36. The van der Waals surface area contributed by atoms with Crippen molar-refractivity contribution < 1.29 is 9.53 Å².